The molecule has 90 valence electrons. The molecule has 2 aliphatic carbocycles. The summed E-state index contributed by atoms with van der Waals surface area (Å²) in [4.78, 5) is 11.9. The number of carbonyl (C=O) groups is 1. The van der Waals surface area contributed by atoms with E-state index in [-0.39, 0.29) is 28.8 Å². The van der Waals surface area contributed by atoms with E-state index in [0.29, 0.717) is 12.5 Å². The third-order valence-corrected chi connectivity index (χ3v) is 5.45. The van der Waals surface area contributed by atoms with Crippen LogP contribution < -0.4 is 0 Å². The van der Waals surface area contributed by atoms with E-state index in [1.807, 2.05) is 0 Å². The molecule has 3 rings (SSSR count). The minimum absolute atomic E-state index is 0.0208. The van der Waals surface area contributed by atoms with E-state index < -0.39 is 0 Å². The van der Waals surface area contributed by atoms with Gasteiger partial charge in [-0.3, -0.25) is 4.79 Å². The van der Waals surface area contributed by atoms with E-state index in [4.69, 9.17) is 4.74 Å². The second-order valence-corrected chi connectivity index (χ2v) is 6.46. The molecule has 0 amide bonds. The van der Waals surface area contributed by atoms with Gasteiger partial charge in [0, 0.05) is 5.41 Å². The lowest BCUT2D eigenvalue weighted by molar-refractivity contribution is -0.149. The Morgan fingerprint density at radius 1 is 1.44 bits per heavy atom. The fourth-order valence-corrected chi connectivity index (χ4v) is 4.39. The summed E-state index contributed by atoms with van der Waals surface area (Å²) in [5.74, 6) is 0.340. The molecular formula is C13H20O3. The highest BCUT2D eigenvalue weighted by atomic mass is 16.5. The van der Waals surface area contributed by atoms with Gasteiger partial charge in [0.25, 0.3) is 0 Å². The van der Waals surface area contributed by atoms with E-state index >= 15 is 0 Å². The molecule has 0 bridgehead atoms. The summed E-state index contributed by atoms with van der Waals surface area (Å²) in [5, 5.41) is 10.4. The van der Waals surface area contributed by atoms with E-state index in [9.17, 15) is 9.90 Å². The molecule has 1 aliphatic heterocycles. The van der Waals surface area contributed by atoms with Crippen molar-refractivity contribution in [2.75, 3.05) is 6.61 Å². The van der Waals surface area contributed by atoms with Crippen LogP contribution >= 0.6 is 0 Å². The zero-order valence-electron chi connectivity index (χ0n) is 10.0. The number of cyclic esters (lactones) is 1. The van der Waals surface area contributed by atoms with Crippen LogP contribution in [0.5, 0.6) is 0 Å². The Balaban J connectivity index is 2.03. The van der Waals surface area contributed by atoms with Crippen molar-refractivity contribution in [2.45, 2.75) is 45.6 Å². The number of esters is 1. The number of carbonyl (C=O) groups excluding carboxylic acids is 1. The molecule has 1 saturated heterocycles. The number of fused-ring (bicyclic) bond motifs is 3. The van der Waals surface area contributed by atoms with Gasteiger partial charge in [0.05, 0.1) is 18.6 Å². The van der Waals surface area contributed by atoms with E-state index in [1.165, 1.54) is 0 Å². The van der Waals surface area contributed by atoms with Crippen LogP contribution in [0.2, 0.25) is 0 Å². The SMILES string of the molecule is CC12CCCC1C1C(=O)OC[C@]1(C)C[C@@H]2O. The predicted octanol–water partition coefficient (Wildman–Crippen LogP) is 1.74. The Kier molecular flexibility index (Phi) is 1.99. The first-order chi connectivity index (χ1) is 7.47. The molecule has 3 nitrogen and oxygen atoms in total. The normalized spacial score (nSPS) is 55.7. The van der Waals surface area contributed by atoms with Gasteiger partial charge < -0.3 is 9.84 Å². The molecule has 3 fully saturated rings. The molecule has 2 saturated carbocycles. The summed E-state index contributed by atoms with van der Waals surface area (Å²) in [7, 11) is 0. The van der Waals surface area contributed by atoms with Crippen LogP contribution in [0.15, 0.2) is 0 Å². The smallest absolute Gasteiger partial charge is 0.309 e. The summed E-state index contributed by atoms with van der Waals surface area (Å²) >= 11 is 0. The number of rotatable bonds is 0. The molecule has 0 aromatic rings. The van der Waals surface area contributed by atoms with Crippen LogP contribution in [0.25, 0.3) is 0 Å². The topological polar surface area (TPSA) is 46.5 Å². The first-order valence-electron chi connectivity index (χ1n) is 6.32. The van der Waals surface area contributed by atoms with Crippen molar-refractivity contribution in [1.82, 2.24) is 0 Å². The van der Waals surface area contributed by atoms with Crippen LogP contribution in [0, 0.1) is 22.7 Å². The third kappa shape index (κ3) is 1.10. The van der Waals surface area contributed by atoms with Gasteiger partial charge in [0.2, 0.25) is 0 Å². The van der Waals surface area contributed by atoms with Gasteiger partial charge in [-0.2, -0.15) is 0 Å². The highest BCUT2D eigenvalue weighted by molar-refractivity contribution is 5.76. The quantitative estimate of drug-likeness (QED) is 0.637. The lowest BCUT2D eigenvalue weighted by Crippen LogP contribution is -2.52. The fourth-order valence-electron chi connectivity index (χ4n) is 4.39. The molecule has 0 spiro atoms. The van der Waals surface area contributed by atoms with Gasteiger partial charge in [0.1, 0.15) is 0 Å². The van der Waals surface area contributed by atoms with Crippen LogP contribution in [-0.4, -0.2) is 23.8 Å². The van der Waals surface area contributed by atoms with Crippen LogP contribution in [0.1, 0.15) is 39.5 Å². The summed E-state index contributed by atoms with van der Waals surface area (Å²) < 4.78 is 5.25. The number of ether oxygens (including phenoxy) is 1. The Labute approximate surface area is 96.2 Å². The lowest BCUT2D eigenvalue weighted by Gasteiger charge is -2.49. The second-order valence-electron chi connectivity index (χ2n) is 6.46. The fraction of sp³-hybridized carbons (Fsp3) is 0.923. The molecule has 3 unspecified atom stereocenters. The molecule has 3 heteroatoms. The number of hydrogen-bond acceptors (Lipinski definition) is 3. The molecule has 3 aliphatic rings. The summed E-state index contributed by atoms with van der Waals surface area (Å²) in [6, 6.07) is 0. The number of aliphatic hydroxyl groups excluding tert-OH is 1. The van der Waals surface area contributed by atoms with Crippen molar-refractivity contribution >= 4 is 5.97 Å². The van der Waals surface area contributed by atoms with E-state index in [2.05, 4.69) is 13.8 Å². The van der Waals surface area contributed by atoms with Crippen molar-refractivity contribution in [3.63, 3.8) is 0 Å². The zero-order chi connectivity index (χ0) is 11.6. The molecule has 16 heavy (non-hydrogen) atoms. The third-order valence-electron chi connectivity index (χ3n) is 5.45. The standard InChI is InChI=1S/C13H20O3/c1-12-6-9(14)13(2)5-3-4-8(13)10(12)11(15)16-7-12/h8-10,14H,3-7H2,1-2H3/t8?,9-,10?,12-,13?/m0/s1. The Hall–Kier alpha value is -0.570. The summed E-state index contributed by atoms with van der Waals surface area (Å²) in [6.07, 6.45) is 3.71. The highest BCUT2D eigenvalue weighted by Crippen LogP contribution is 2.61. The van der Waals surface area contributed by atoms with Crippen molar-refractivity contribution in [2.24, 2.45) is 22.7 Å². The van der Waals surface area contributed by atoms with E-state index in [1.54, 1.807) is 0 Å². The Morgan fingerprint density at radius 2 is 2.19 bits per heavy atom. The maximum atomic E-state index is 11.9. The minimum Gasteiger partial charge on any atom is -0.465 e. The van der Waals surface area contributed by atoms with Crippen LogP contribution in [-0.2, 0) is 9.53 Å². The molecule has 1 heterocycles. The average molecular weight is 224 g/mol. The lowest BCUT2D eigenvalue weighted by atomic mass is 9.54. The average Bonchev–Trinajstić information content (AvgIpc) is 2.70. The molecule has 0 aromatic heterocycles. The van der Waals surface area contributed by atoms with Gasteiger partial charge in [-0.1, -0.05) is 20.3 Å². The van der Waals surface area contributed by atoms with Gasteiger partial charge in [-0.25, -0.2) is 0 Å². The predicted molar refractivity (Wildman–Crippen MR) is 58.6 cm³/mol. The van der Waals surface area contributed by atoms with Gasteiger partial charge in [-0.05, 0) is 30.6 Å². The first kappa shape index (κ1) is 10.6. The molecule has 5 atom stereocenters. The van der Waals surface area contributed by atoms with Gasteiger partial charge in [0.15, 0.2) is 0 Å². The Bertz CT molecular complexity index is 340. The van der Waals surface area contributed by atoms with Crippen LogP contribution in [0.4, 0.5) is 0 Å². The molecule has 0 radical (unpaired) electrons. The second kappa shape index (κ2) is 3.00. The monoisotopic (exact) mass is 224 g/mol. The number of aliphatic hydroxyl groups is 1. The van der Waals surface area contributed by atoms with Crippen molar-refractivity contribution < 1.29 is 14.6 Å². The highest BCUT2D eigenvalue weighted by Gasteiger charge is 2.63. The van der Waals surface area contributed by atoms with Crippen molar-refractivity contribution in [3.8, 4) is 0 Å². The molecular weight excluding hydrogens is 204 g/mol. The van der Waals surface area contributed by atoms with Gasteiger partial charge >= 0.3 is 5.97 Å². The van der Waals surface area contributed by atoms with Crippen LogP contribution in [0.3, 0.4) is 0 Å². The molecule has 1 N–H and O–H groups in total. The summed E-state index contributed by atoms with van der Waals surface area (Å²) in [5.41, 5.74) is -0.168. The van der Waals surface area contributed by atoms with Gasteiger partial charge in [-0.15, -0.1) is 0 Å². The molecule has 0 aromatic carbocycles. The maximum Gasteiger partial charge on any atom is 0.309 e. The zero-order valence-corrected chi connectivity index (χ0v) is 10.0. The van der Waals surface area contributed by atoms with Crippen molar-refractivity contribution in [3.05, 3.63) is 0 Å². The van der Waals surface area contributed by atoms with Crippen molar-refractivity contribution in [1.29, 1.82) is 0 Å². The Morgan fingerprint density at radius 3 is 2.94 bits per heavy atom. The number of hydrogen-bond donors (Lipinski definition) is 1. The largest absolute Gasteiger partial charge is 0.465 e. The minimum atomic E-state index is -0.268. The van der Waals surface area contributed by atoms with E-state index in [0.717, 1.165) is 25.7 Å². The maximum absolute atomic E-state index is 11.9. The summed E-state index contributed by atoms with van der Waals surface area (Å²) in [6.45, 7) is 4.75. The first-order valence-corrected chi connectivity index (χ1v) is 6.32.